The van der Waals surface area contributed by atoms with E-state index in [-0.39, 0.29) is 11.0 Å². The van der Waals surface area contributed by atoms with Crippen LogP contribution in [0.1, 0.15) is 47.5 Å². The molecule has 3 unspecified atom stereocenters. The van der Waals surface area contributed by atoms with Crippen LogP contribution in [0.2, 0.25) is 0 Å². The van der Waals surface area contributed by atoms with Crippen molar-refractivity contribution in [2.24, 2.45) is 11.3 Å². The number of epoxide rings is 1. The summed E-state index contributed by atoms with van der Waals surface area (Å²) in [5.74, 6) is 0.408. The van der Waals surface area contributed by atoms with Crippen LogP contribution in [0.25, 0.3) is 0 Å². The second-order valence-corrected chi connectivity index (χ2v) is 6.81. The molecule has 2 rings (SSSR count). The summed E-state index contributed by atoms with van der Waals surface area (Å²) in [5.41, 5.74) is -0.443. The Hall–Kier alpha value is -0.340. The first-order valence-electron chi connectivity index (χ1n) is 6.25. The molecule has 0 amide bonds. The summed E-state index contributed by atoms with van der Waals surface area (Å²) in [6.07, 6.45) is 6.90. The first-order chi connectivity index (χ1) is 7.15. The van der Waals surface area contributed by atoms with E-state index in [1.165, 1.54) is 12.8 Å². The molecule has 2 nitrogen and oxygen atoms in total. The highest BCUT2D eigenvalue weighted by Crippen LogP contribution is 2.58. The molecule has 0 aromatic carbocycles. The van der Waals surface area contributed by atoms with Crippen LogP contribution in [0.5, 0.6) is 0 Å². The van der Waals surface area contributed by atoms with E-state index in [2.05, 4.69) is 26.8 Å². The van der Waals surface area contributed by atoms with Crippen molar-refractivity contribution in [3.05, 3.63) is 12.2 Å². The van der Waals surface area contributed by atoms with Crippen molar-refractivity contribution in [2.75, 3.05) is 0 Å². The zero-order chi connectivity index (χ0) is 12.2. The summed E-state index contributed by atoms with van der Waals surface area (Å²) in [7, 11) is 0. The van der Waals surface area contributed by atoms with Gasteiger partial charge in [0.25, 0.3) is 0 Å². The highest BCUT2D eigenvalue weighted by molar-refractivity contribution is 5.18. The van der Waals surface area contributed by atoms with Crippen molar-refractivity contribution < 1.29 is 9.84 Å². The minimum Gasteiger partial charge on any atom is -0.386 e. The summed E-state index contributed by atoms with van der Waals surface area (Å²) in [4.78, 5) is 0. The van der Waals surface area contributed by atoms with Crippen LogP contribution in [-0.2, 0) is 4.74 Å². The fraction of sp³-hybridized carbons (Fsp3) is 0.857. The van der Waals surface area contributed by atoms with Gasteiger partial charge in [-0.1, -0.05) is 26.0 Å². The van der Waals surface area contributed by atoms with Crippen molar-refractivity contribution in [3.8, 4) is 0 Å². The maximum absolute atomic E-state index is 9.77. The largest absolute Gasteiger partial charge is 0.386 e. The molecule has 1 aliphatic carbocycles. The lowest BCUT2D eigenvalue weighted by Gasteiger charge is -2.39. The number of ether oxygens (including phenoxy) is 1. The fourth-order valence-corrected chi connectivity index (χ4v) is 3.11. The quantitative estimate of drug-likeness (QED) is 0.578. The lowest BCUT2D eigenvalue weighted by molar-refractivity contribution is 0.119. The van der Waals surface area contributed by atoms with Gasteiger partial charge in [-0.05, 0) is 39.0 Å². The third-order valence-corrected chi connectivity index (χ3v) is 4.19. The van der Waals surface area contributed by atoms with Gasteiger partial charge >= 0.3 is 0 Å². The number of aliphatic hydroxyl groups is 1. The van der Waals surface area contributed by atoms with Gasteiger partial charge in [0.1, 0.15) is 0 Å². The van der Waals surface area contributed by atoms with Gasteiger partial charge in [-0.3, -0.25) is 0 Å². The maximum atomic E-state index is 9.77. The second-order valence-electron chi connectivity index (χ2n) is 6.81. The molecule has 16 heavy (non-hydrogen) atoms. The second kappa shape index (κ2) is 3.33. The zero-order valence-electron chi connectivity index (χ0n) is 11.1. The fourth-order valence-electron chi connectivity index (χ4n) is 3.11. The molecule has 1 N–H and O–H groups in total. The Morgan fingerprint density at radius 2 is 1.94 bits per heavy atom. The van der Waals surface area contributed by atoms with Gasteiger partial charge in [-0.15, -0.1) is 0 Å². The van der Waals surface area contributed by atoms with Crippen LogP contribution in [0.15, 0.2) is 12.2 Å². The highest BCUT2D eigenvalue weighted by Gasteiger charge is 2.63. The van der Waals surface area contributed by atoms with Gasteiger partial charge in [-0.2, -0.15) is 0 Å². The molecule has 2 aliphatic rings. The summed E-state index contributed by atoms with van der Waals surface area (Å²) >= 11 is 0. The predicted molar refractivity (Wildman–Crippen MR) is 65.2 cm³/mol. The maximum Gasteiger partial charge on any atom is 0.0987 e. The number of fused-ring (bicyclic) bond motifs is 1. The predicted octanol–water partition coefficient (Wildman–Crippen LogP) is 2.91. The van der Waals surface area contributed by atoms with E-state index >= 15 is 0 Å². The Morgan fingerprint density at radius 3 is 2.50 bits per heavy atom. The summed E-state index contributed by atoms with van der Waals surface area (Å²) in [6, 6.07) is 0. The average Bonchev–Trinajstić information content (AvgIpc) is 2.72. The molecule has 2 heteroatoms. The van der Waals surface area contributed by atoms with Crippen molar-refractivity contribution in [3.63, 3.8) is 0 Å². The monoisotopic (exact) mass is 224 g/mol. The average molecular weight is 224 g/mol. The third-order valence-electron chi connectivity index (χ3n) is 4.19. The minimum atomic E-state index is -0.728. The first kappa shape index (κ1) is 12.1. The molecule has 1 aliphatic heterocycles. The molecule has 1 saturated heterocycles. The van der Waals surface area contributed by atoms with Gasteiger partial charge in [0.15, 0.2) is 0 Å². The van der Waals surface area contributed by atoms with Crippen LogP contribution < -0.4 is 0 Å². The summed E-state index contributed by atoms with van der Waals surface area (Å²) in [5, 5.41) is 9.77. The van der Waals surface area contributed by atoms with E-state index in [0.29, 0.717) is 12.0 Å². The van der Waals surface area contributed by atoms with Crippen LogP contribution in [0, 0.1) is 11.3 Å². The number of hydrogen-bond donors (Lipinski definition) is 1. The Bertz CT molecular complexity index is 306. The first-order valence-corrected chi connectivity index (χ1v) is 6.25. The number of hydrogen-bond acceptors (Lipinski definition) is 2. The van der Waals surface area contributed by atoms with Gasteiger partial charge in [0, 0.05) is 5.92 Å². The van der Waals surface area contributed by atoms with E-state index in [1.54, 1.807) is 0 Å². The van der Waals surface area contributed by atoms with E-state index in [4.69, 9.17) is 4.74 Å². The Balaban J connectivity index is 2.19. The standard InChI is InChI=1S/C14H24O2/c1-12(2)8-7-11-14(5,16-11)10(12)6-9-13(3,4)15/h6,9-11,15H,7-8H2,1-5H3/b9-6+. The molecule has 0 aromatic rings. The smallest absolute Gasteiger partial charge is 0.0987 e. The molecule has 1 saturated carbocycles. The highest BCUT2D eigenvalue weighted by atomic mass is 16.6. The molecule has 0 radical (unpaired) electrons. The zero-order valence-corrected chi connectivity index (χ0v) is 11.1. The Labute approximate surface area is 98.7 Å². The van der Waals surface area contributed by atoms with E-state index in [9.17, 15) is 5.11 Å². The molecule has 0 bridgehead atoms. The van der Waals surface area contributed by atoms with Gasteiger partial charge in [0.2, 0.25) is 0 Å². The van der Waals surface area contributed by atoms with Crippen LogP contribution >= 0.6 is 0 Å². The van der Waals surface area contributed by atoms with Crippen molar-refractivity contribution in [1.29, 1.82) is 0 Å². The van der Waals surface area contributed by atoms with Crippen molar-refractivity contribution in [1.82, 2.24) is 0 Å². The Kier molecular flexibility index (Phi) is 2.52. The van der Waals surface area contributed by atoms with Crippen molar-refractivity contribution in [2.45, 2.75) is 64.8 Å². The minimum absolute atomic E-state index is 0.0174. The van der Waals surface area contributed by atoms with E-state index < -0.39 is 5.60 Å². The lowest BCUT2D eigenvalue weighted by atomic mass is 9.64. The Morgan fingerprint density at radius 1 is 1.31 bits per heavy atom. The molecule has 3 atom stereocenters. The molecule has 92 valence electrons. The molecular weight excluding hydrogens is 200 g/mol. The normalized spacial score (nSPS) is 42.1. The van der Waals surface area contributed by atoms with E-state index in [1.807, 2.05) is 19.9 Å². The molecule has 2 fully saturated rings. The summed E-state index contributed by atoms with van der Waals surface area (Å²) < 4.78 is 5.85. The third kappa shape index (κ3) is 2.05. The number of rotatable bonds is 2. The van der Waals surface area contributed by atoms with Crippen LogP contribution in [0.4, 0.5) is 0 Å². The summed E-state index contributed by atoms with van der Waals surface area (Å²) in [6.45, 7) is 10.4. The van der Waals surface area contributed by atoms with Crippen molar-refractivity contribution >= 4 is 0 Å². The molecule has 0 aromatic heterocycles. The van der Waals surface area contributed by atoms with Gasteiger partial charge < -0.3 is 9.84 Å². The van der Waals surface area contributed by atoms with Crippen LogP contribution in [-0.4, -0.2) is 22.4 Å². The molecule has 0 spiro atoms. The SMILES string of the molecule is CC(C)(O)/C=C/C1C(C)(C)CCC2OC21C. The van der Waals surface area contributed by atoms with Gasteiger partial charge in [0.05, 0.1) is 17.3 Å². The lowest BCUT2D eigenvalue weighted by Crippen LogP contribution is -2.39. The van der Waals surface area contributed by atoms with Gasteiger partial charge in [-0.25, -0.2) is 0 Å². The topological polar surface area (TPSA) is 32.8 Å². The van der Waals surface area contributed by atoms with Crippen LogP contribution in [0.3, 0.4) is 0 Å². The van der Waals surface area contributed by atoms with E-state index in [0.717, 1.165) is 0 Å². The molecular formula is C14H24O2. The molecule has 1 heterocycles.